The summed E-state index contributed by atoms with van der Waals surface area (Å²) < 4.78 is 5.51. The van der Waals surface area contributed by atoms with Gasteiger partial charge in [-0.05, 0) is 51.0 Å². The van der Waals surface area contributed by atoms with Crippen LogP contribution < -0.4 is 0 Å². The molecule has 1 aliphatic rings. The summed E-state index contributed by atoms with van der Waals surface area (Å²) in [5, 5.41) is 0.770. The van der Waals surface area contributed by atoms with Crippen molar-refractivity contribution in [1.29, 1.82) is 0 Å². The average molecular weight is 435 g/mol. The predicted molar refractivity (Wildman–Crippen MR) is 114 cm³/mol. The van der Waals surface area contributed by atoms with Crippen molar-refractivity contribution in [1.82, 2.24) is 9.80 Å². The molecule has 0 radical (unpaired) electrons. The predicted octanol–water partition coefficient (Wildman–Crippen LogP) is 5.83. The maximum Gasteiger partial charge on any atom is 0.418 e. The molecule has 0 bridgehead atoms. The number of nitrogens with zero attached hydrogens (tertiary/aromatic N) is 2. The van der Waals surface area contributed by atoms with Crippen LogP contribution in [0.1, 0.15) is 51.0 Å². The summed E-state index contributed by atoms with van der Waals surface area (Å²) in [6.07, 6.45) is -1.33. The molecule has 154 valence electrons. The van der Waals surface area contributed by atoms with Gasteiger partial charge in [-0.25, -0.2) is 9.69 Å². The van der Waals surface area contributed by atoms with E-state index in [2.05, 4.69) is 0 Å². The van der Waals surface area contributed by atoms with Crippen LogP contribution in [0.3, 0.4) is 0 Å². The minimum Gasteiger partial charge on any atom is -0.443 e. The number of carbonyl (C=O) groups excluding carboxylic acids is 2. The van der Waals surface area contributed by atoms with E-state index in [9.17, 15) is 9.59 Å². The number of rotatable bonds is 3. The summed E-state index contributed by atoms with van der Waals surface area (Å²) in [4.78, 5) is 28.9. The number of hydrogen-bond acceptors (Lipinski definition) is 4. The van der Waals surface area contributed by atoms with E-state index in [0.29, 0.717) is 15.6 Å². The molecule has 1 aliphatic heterocycles. The van der Waals surface area contributed by atoms with Crippen LogP contribution in [-0.2, 0) is 9.53 Å². The molecule has 0 unspecified atom stereocenters. The Labute approximate surface area is 181 Å². The molecule has 0 N–H and O–H groups in total. The Hall–Kier alpha value is -2.08. The first-order valence-electron chi connectivity index (χ1n) is 9.39. The van der Waals surface area contributed by atoms with Crippen LogP contribution in [0.25, 0.3) is 0 Å². The van der Waals surface area contributed by atoms with E-state index in [4.69, 9.17) is 27.9 Å². The Bertz CT molecular complexity index is 912. The van der Waals surface area contributed by atoms with E-state index >= 15 is 0 Å². The van der Waals surface area contributed by atoms with E-state index in [1.54, 1.807) is 39.0 Å². The highest BCUT2D eigenvalue weighted by Gasteiger charge is 2.46. The third-order valence-corrected chi connectivity index (χ3v) is 5.50. The van der Waals surface area contributed by atoms with E-state index in [-0.39, 0.29) is 18.5 Å². The van der Waals surface area contributed by atoms with Crippen LogP contribution in [0, 0.1) is 0 Å². The van der Waals surface area contributed by atoms with Gasteiger partial charge in [-0.3, -0.25) is 9.69 Å². The lowest BCUT2D eigenvalue weighted by Gasteiger charge is -2.34. The Morgan fingerprint density at radius 2 is 1.76 bits per heavy atom. The molecular formula is C22H24Cl2N2O3. The molecule has 7 heteroatoms. The molecule has 1 saturated heterocycles. The molecular weight excluding hydrogens is 411 g/mol. The van der Waals surface area contributed by atoms with Crippen molar-refractivity contribution in [2.75, 3.05) is 6.54 Å². The minimum absolute atomic E-state index is 0.0835. The van der Waals surface area contributed by atoms with Gasteiger partial charge in [0.2, 0.25) is 5.91 Å². The second-order valence-corrected chi connectivity index (χ2v) is 8.86. The highest BCUT2D eigenvalue weighted by atomic mass is 35.5. The van der Waals surface area contributed by atoms with Crippen LogP contribution in [-0.4, -0.2) is 33.9 Å². The number of benzene rings is 2. The van der Waals surface area contributed by atoms with Crippen molar-refractivity contribution in [3.05, 3.63) is 69.7 Å². The molecule has 0 aliphatic carbocycles. The highest BCUT2D eigenvalue weighted by Crippen LogP contribution is 2.40. The molecule has 0 aromatic heterocycles. The first kappa shape index (κ1) is 21.6. The SMILES string of the molecule is C[C@@H](c1ccccc1)N1CC(=O)N(C(=O)OC(C)(C)C)[C@@H]1c1ccc(Cl)c(Cl)c1. The van der Waals surface area contributed by atoms with Gasteiger partial charge in [0.15, 0.2) is 0 Å². The van der Waals surface area contributed by atoms with E-state index in [1.807, 2.05) is 42.2 Å². The number of ether oxygens (including phenoxy) is 1. The number of hydrogen-bond donors (Lipinski definition) is 0. The van der Waals surface area contributed by atoms with Gasteiger partial charge < -0.3 is 4.74 Å². The largest absolute Gasteiger partial charge is 0.443 e. The first-order valence-corrected chi connectivity index (χ1v) is 10.1. The molecule has 2 aromatic carbocycles. The summed E-state index contributed by atoms with van der Waals surface area (Å²) in [6, 6.07) is 14.8. The number of imide groups is 1. The quantitative estimate of drug-likeness (QED) is 0.609. The molecule has 5 nitrogen and oxygen atoms in total. The highest BCUT2D eigenvalue weighted by molar-refractivity contribution is 6.42. The number of amides is 2. The fourth-order valence-corrected chi connectivity index (χ4v) is 3.71. The summed E-state index contributed by atoms with van der Waals surface area (Å²) in [7, 11) is 0. The van der Waals surface area contributed by atoms with E-state index in [1.165, 1.54) is 4.90 Å². The summed E-state index contributed by atoms with van der Waals surface area (Å²) in [5.74, 6) is -0.321. The smallest absolute Gasteiger partial charge is 0.418 e. The first-order chi connectivity index (χ1) is 13.6. The van der Waals surface area contributed by atoms with Crippen molar-refractivity contribution in [3.8, 4) is 0 Å². The molecule has 1 heterocycles. The van der Waals surface area contributed by atoms with Crippen LogP contribution >= 0.6 is 23.2 Å². The summed E-state index contributed by atoms with van der Waals surface area (Å²) in [6.45, 7) is 7.39. The van der Waals surface area contributed by atoms with Gasteiger partial charge in [-0.15, -0.1) is 0 Å². The molecule has 2 atom stereocenters. The van der Waals surface area contributed by atoms with E-state index < -0.39 is 17.9 Å². The zero-order valence-corrected chi connectivity index (χ0v) is 18.4. The standard InChI is InChI=1S/C22H24Cl2N2O3/c1-14(15-8-6-5-7-9-15)25-13-19(27)26(21(28)29-22(2,3)4)20(25)16-10-11-17(23)18(24)12-16/h5-12,14,20H,13H2,1-4H3/t14-,20+/m0/s1. The van der Waals surface area contributed by atoms with Gasteiger partial charge in [0.05, 0.1) is 16.6 Å². The van der Waals surface area contributed by atoms with Crippen LogP contribution in [0.15, 0.2) is 48.5 Å². The van der Waals surface area contributed by atoms with Gasteiger partial charge in [0.1, 0.15) is 11.8 Å². The zero-order valence-electron chi connectivity index (χ0n) is 16.9. The zero-order chi connectivity index (χ0) is 21.3. The second kappa shape index (κ2) is 8.34. The normalized spacial score (nSPS) is 18.8. The Kier molecular flexibility index (Phi) is 6.22. The van der Waals surface area contributed by atoms with Crippen molar-refractivity contribution < 1.29 is 14.3 Å². The fraction of sp³-hybridized carbons (Fsp3) is 0.364. The van der Waals surface area contributed by atoms with Gasteiger partial charge in [0.25, 0.3) is 0 Å². The lowest BCUT2D eigenvalue weighted by Crippen LogP contribution is -2.41. The van der Waals surface area contributed by atoms with Gasteiger partial charge >= 0.3 is 6.09 Å². The maximum absolute atomic E-state index is 12.9. The Morgan fingerprint density at radius 1 is 1.10 bits per heavy atom. The molecule has 1 fully saturated rings. The molecule has 2 amide bonds. The topological polar surface area (TPSA) is 49.9 Å². The van der Waals surface area contributed by atoms with E-state index in [0.717, 1.165) is 5.56 Å². The molecule has 2 aromatic rings. The van der Waals surface area contributed by atoms with Crippen molar-refractivity contribution >= 4 is 35.2 Å². The minimum atomic E-state index is -0.724. The molecule has 3 rings (SSSR count). The Balaban J connectivity index is 2.04. The maximum atomic E-state index is 12.9. The van der Waals surface area contributed by atoms with Gasteiger partial charge in [-0.1, -0.05) is 59.6 Å². The molecule has 29 heavy (non-hydrogen) atoms. The second-order valence-electron chi connectivity index (χ2n) is 8.05. The van der Waals surface area contributed by atoms with Gasteiger partial charge in [0, 0.05) is 6.04 Å². The van der Waals surface area contributed by atoms with Crippen LogP contribution in [0.5, 0.6) is 0 Å². The van der Waals surface area contributed by atoms with Crippen molar-refractivity contribution in [3.63, 3.8) is 0 Å². The third kappa shape index (κ3) is 4.74. The lowest BCUT2D eigenvalue weighted by molar-refractivity contribution is -0.127. The fourth-order valence-electron chi connectivity index (χ4n) is 3.40. The molecule has 0 spiro atoms. The number of halogens is 2. The lowest BCUT2D eigenvalue weighted by atomic mass is 10.0. The summed E-state index contributed by atoms with van der Waals surface area (Å²) in [5.41, 5.74) is 1.01. The van der Waals surface area contributed by atoms with Crippen molar-refractivity contribution in [2.24, 2.45) is 0 Å². The van der Waals surface area contributed by atoms with Gasteiger partial charge in [-0.2, -0.15) is 0 Å². The van der Waals surface area contributed by atoms with Crippen LogP contribution in [0.2, 0.25) is 10.0 Å². The Morgan fingerprint density at radius 3 is 2.34 bits per heavy atom. The summed E-state index contributed by atoms with van der Waals surface area (Å²) >= 11 is 12.3. The third-order valence-electron chi connectivity index (χ3n) is 4.76. The van der Waals surface area contributed by atoms with Crippen molar-refractivity contribution in [2.45, 2.75) is 45.5 Å². The van der Waals surface area contributed by atoms with Crippen LogP contribution in [0.4, 0.5) is 4.79 Å². The number of carbonyl (C=O) groups is 2. The monoisotopic (exact) mass is 434 g/mol. The molecule has 0 saturated carbocycles. The average Bonchev–Trinajstić information content (AvgIpc) is 3.00.